The third-order valence-corrected chi connectivity index (χ3v) is 5.99. The maximum Gasteiger partial charge on any atom is 0.116 e. The molecular weight excluding hydrogens is 356 g/mol. The molecule has 4 aromatic rings. The monoisotopic (exact) mass is 378 g/mol. The number of para-hydroxylation sites is 1. The van der Waals surface area contributed by atoms with E-state index in [2.05, 4.69) is 52.0 Å². The fourth-order valence-electron chi connectivity index (χ4n) is 4.20. The molecule has 0 radical (unpaired) electrons. The average molecular weight is 379 g/mol. The first-order chi connectivity index (χ1) is 13.1. The topological polar surface area (TPSA) is 52.8 Å². The standard InChI is InChI=1S/C21H22N4OS/c1-21(2)10-15(7-8-26-21)25-19(9-14-12-27-13-23-14)24-18-11-22-17-6-4-3-5-16(17)20(18)25/h3-6,11-13,15H,7-10H2,1-2H3. The molecule has 0 amide bonds. The van der Waals surface area contributed by atoms with Crippen LogP contribution in [0.1, 0.15) is 44.2 Å². The summed E-state index contributed by atoms with van der Waals surface area (Å²) in [5.41, 5.74) is 5.99. The van der Waals surface area contributed by atoms with Gasteiger partial charge in [-0.15, -0.1) is 11.3 Å². The van der Waals surface area contributed by atoms with Crippen molar-refractivity contribution in [1.82, 2.24) is 19.5 Å². The number of benzene rings is 1. The van der Waals surface area contributed by atoms with Crippen LogP contribution in [-0.4, -0.2) is 31.7 Å². The summed E-state index contributed by atoms with van der Waals surface area (Å²) in [6.45, 7) is 5.13. The number of hydrogen-bond acceptors (Lipinski definition) is 5. The van der Waals surface area contributed by atoms with E-state index in [1.165, 1.54) is 5.52 Å². The van der Waals surface area contributed by atoms with Crippen molar-refractivity contribution in [3.8, 4) is 0 Å². The van der Waals surface area contributed by atoms with E-state index < -0.39 is 0 Å². The highest BCUT2D eigenvalue weighted by Gasteiger charge is 2.32. The van der Waals surface area contributed by atoms with Gasteiger partial charge in [0.15, 0.2) is 0 Å². The number of fused-ring (bicyclic) bond motifs is 3. The minimum absolute atomic E-state index is 0.125. The zero-order chi connectivity index (χ0) is 18.4. The third kappa shape index (κ3) is 3.03. The van der Waals surface area contributed by atoms with Crippen molar-refractivity contribution in [2.75, 3.05) is 6.61 Å². The molecule has 1 aliphatic rings. The van der Waals surface area contributed by atoms with Crippen molar-refractivity contribution in [3.63, 3.8) is 0 Å². The number of pyridine rings is 1. The predicted molar refractivity (Wildman–Crippen MR) is 108 cm³/mol. The summed E-state index contributed by atoms with van der Waals surface area (Å²) in [5, 5.41) is 3.27. The van der Waals surface area contributed by atoms with Gasteiger partial charge in [-0.25, -0.2) is 9.97 Å². The first kappa shape index (κ1) is 16.8. The molecule has 3 aromatic heterocycles. The molecule has 1 aromatic carbocycles. The highest BCUT2D eigenvalue weighted by Crippen LogP contribution is 2.37. The van der Waals surface area contributed by atoms with E-state index in [4.69, 9.17) is 9.72 Å². The summed E-state index contributed by atoms with van der Waals surface area (Å²) in [6, 6.07) is 8.70. The normalized spacial score (nSPS) is 19.7. The highest BCUT2D eigenvalue weighted by atomic mass is 32.1. The molecule has 138 valence electrons. The van der Waals surface area contributed by atoms with Gasteiger partial charge in [0.1, 0.15) is 11.3 Å². The van der Waals surface area contributed by atoms with E-state index >= 15 is 0 Å². The van der Waals surface area contributed by atoms with Crippen LogP contribution in [0.5, 0.6) is 0 Å². The van der Waals surface area contributed by atoms with Crippen LogP contribution in [-0.2, 0) is 11.2 Å². The van der Waals surface area contributed by atoms with Gasteiger partial charge in [-0.05, 0) is 32.8 Å². The Balaban J connectivity index is 1.74. The quantitative estimate of drug-likeness (QED) is 0.516. The predicted octanol–water partition coefficient (Wildman–Crippen LogP) is 4.76. The van der Waals surface area contributed by atoms with E-state index in [1.807, 2.05) is 17.8 Å². The summed E-state index contributed by atoms with van der Waals surface area (Å²) in [5.74, 6) is 1.07. The number of ether oxygens (including phenoxy) is 1. The number of rotatable bonds is 3. The lowest BCUT2D eigenvalue weighted by atomic mass is 9.93. The minimum Gasteiger partial charge on any atom is -0.375 e. The number of nitrogens with zero attached hydrogens (tertiary/aromatic N) is 4. The van der Waals surface area contributed by atoms with Gasteiger partial charge in [0, 0.05) is 29.8 Å². The molecular formula is C21H22N4OS. The zero-order valence-corrected chi connectivity index (χ0v) is 16.4. The maximum atomic E-state index is 5.98. The van der Waals surface area contributed by atoms with E-state index in [0.29, 0.717) is 6.04 Å². The Bertz CT molecular complexity index is 1100. The maximum absolute atomic E-state index is 5.98. The zero-order valence-electron chi connectivity index (χ0n) is 15.6. The number of aromatic nitrogens is 4. The number of imidazole rings is 1. The van der Waals surface area contributed by atoms with E-state index in [1.54, 1.807) is 11.3 Å². The molecule has 0 bridgehead atoms. The van der Waals surface area contributed by atoms with Crippen LogP contribution in [0, 0.1) is 0 Å². The highest BCUT2D eigenvalue weighted by molar-refractivity contribution is 7.07. The molecule has 27 heavy (non-hydrogen) atoms. The fourth-order valence-corrected chi connectivity index (χ4v) is 4.76. The van der Waals surface area contributed by atoms with Crippen LogP contribution in [0.25, 0.3) is 21.9 Å². The number of hydrogen-bond donors (Lipinski definition) is 0. The van der Waals surface area contributed by atoms with Crippen molar-refractivity contribution in [2.24, 2.45) is 0 Å². The second-order valence-corrected chi connectivity index (χ2v) is 8.54. The van der Waals surface area contributed by atoms with Gasteiger partial charge >= 0.3 is 0 Å². The molecule has 1 fully saturated rings. The Hall–Kier alpha value is -2.31. The lowest BCUT2D eigenvalue weighted by Gasteiger charge is -2.37. The SMILES string of the molecule is CC1(C)CC(n2c(Cc3cscn3)nc3cnc4ccccc4c32)CCO1. The van der Waals surface area contributed by atoms with Crippen LogP contribution in [0.15, 0.2) is 41.4 Å². The lowest BCUT2D eigenvalue weighted by molar-refractivity contribution is -0.0688. The lowest BCUT2D eigenvalue weighted by Crippen LogP contribution is -2.35. The van der Waals surface area contributed by atoms with E-state index in [9.17, 15) is 0 Å². The molecule has 1 aliphatic heterocycles. The summed E-state index contributed by atoms with van der Waals surface area (Å²) in [6.07, 6.45) is 4.61. The summed E-state index contributed by atoms with van der Waals surface area (Å²) in [7, 11) is 0. The first-order valence-electron chi connectivity index (χ1n) is 9.36. The minimum atomic E-state index is -0.125. The van der Waals surface area contributed by atoms with Crippen molar-refractivity contribution in [1.29, 1.82) is 0 Å². The van der Waals surface area contributed by atoms with Crippen molar-refractivity contribution in [2.45, 2.75) is 44.8 Å². The van der Waals surface area contributed by atoms with Crippen molar-refractivity contribution >= 4 is 33.3 Å². The van der Waals surface area contributed by atoms with Gasteiger partial charge in [-0.3, -0.25) is 4.98 Å². The van der Waals surface area contributed by atoms with Crippen LogP contribution in [0.4, 0.5) is 0 Å². The molecule has 0 aliphatic carbocycles. The van der Waals surface area contributed by atoms with Crippen LogP contribution in [0.3, 0.4) is 0 Å². The molecule has 1 atom stereocenters. The largest absolute Gasteiger partial charge is 0.375 e. The van der Waals surface area contributed by atoms with Gasteiger partial charge in [0.25, 0.3) is 0 Å². The van der Waals surface area contributed by atoms with Gasteiger partial charge in [-0.1, -0.05) is 18.2 Å². The van der Waals surface area contributed by atoms with Crippen molar-refractivity contribution in [3.05, 3.63) is 52.9 Å². The molecule has 5 rings (SSSR count). The Kier molecular flexibility index (Phi) is 3.98. The first-order valence-corrected chi connectivity index (χ1v) is 10.3. The fraction of sp³-hybridized carbons (Fsp3) is 0.381. The van der Waals surface area contributed by atoms with Crippen LogP contribution >= 0.6 is 11.3 Å². The van der Waals surface area contributed by atoms with Crippen LogP contribution in [0.2, 0.25) is 0 Å². The summed E-state index contributed by atoms with van der Waals surface area (Å²) >= 11 is 1.63. The molecule has 1 saturated heterocycles. The van der Waals surface area contributed by atoms with Gasteiger partial charge in [-0.2, -0.15) is 0 Å². The Morgan fingerprint density at radius 3 is 2.93 bits per heavy atom. The molecule has 0 spiro atoms. The smallest absolute Gasteiger partial charge is 0.116 e. The molecule has 6 heteroatoms. The Morgan fingerprint density at radius 2 is 2.11 bits per heavy atom. The van der Waals surface area contributed by atoms with Crippen LogP contribution < -0.4 is 0 Å². The second kappa shape index (κ2) is 6.39. The molecule has 4 heterocycles. The van der Waals surface area contributed by atoms with Gasteiger partial charge < -0.3 is 9.30 Å². The Morgan fingerprint density at radius 1 is 1.22 bits per heavy atom. The van der Waals surface area contributed by atoms with Crippen molar-refractivity contribution < 1.29 is 4.74 Å². The van der Waals surface area contributed by atoms with E-state index in [0.717, 1.165) is 53.8 Å². The molecule has 0 saturated carbocycles. The molecule has 5 nitrogen and oxygen atoms in total. The molecule has 0 N–H and O–H groups in total. The van der Waals surface area contributed by atoms with Gasteiger partial charge in [0.05, 0.1) is 34.0 Å². The van der Waals surface area contributed by atoms with Gasteiger partial charge in [0.2, 0.25) is 0 Å². The number of thiazole rings is 1. The second-order valence-electron chi connectivity index (χ2n) is 7.82. The van der Waals surface area contributed by atoms with E-state index in [-0.39, 0.29) is 5.60 Å². The summed E-state index contributed by atoms with van der Waals surface area (Å²) < 4.78 is 8.43. The summed E-state index contributed by atoms with van der Waals surface area (Å²) in [4.78, 5) is 14.1. The average Bonchev–Trinajstić information content (AvgIpc) is 3.28. The molecule has 1 unspecified atom stereocenters. The Labute approximate surface area is 162 Å². The third-order valence-electron chi connectivity index (χ3n) is 5.36.